The molecule has 0 aliphatic heterocycles. The molecule has 3 N–H and O–H groups in total. The van der Waals surface area contributed by atoms with Crippen molar-refractivity contribution in [1.82, 2.24) is 5.32 Å². The lowest BCUT2D eigenvalue weighted by Crippen LogP contribution is -2.39. The highest BCUT2D eigenvalue weighted by atomic mass is 32.1. The first-order valence-corrected chi connectivity index (χ1v) is 7.68. The molecule has 1 aromatic heterocycles. The summed E-state index contributed by atoms with van der Waals surface area (Å²) in [7, 11) is 0. The second kappa shape index (κ2) is 6.34. The molecule has 0 radical (unpaired) electrons. The summed E-state index contributed by atoms with van der Waals surface area (Å²) >= 11 is 1.67. The Balaban J connectivity index is 2.07. The van der Waals surface area contributed by atoms with Crippen molar-refractivity contribution in [2.45, 2.75) is 51.5 Å². The minimum absolute atomic E-state index is 0.0466. The summed E-state index contributed by atoms with van der Waals surface area (Å²) in [6.07, 6.45) is 6.98. The van der Waals surface area contributed by atoms with Crippen LogP contribution in [0.3, 0.4) is 0 Å². The predicted octanol–water partition coefficient (Wildman–Crippen LogP) is 2.48. The number of nitrogens with two attached hydrogens (primary N) is 1. The molecule has 0 spiro atoms. The number of carbonyl (C=O) groups excluding carboxylic acids is 1. The monoisotopic (exact) mass is 266 g/mol. The van der Waals surface area contributed by atoms with Crippen molar-refractivity contribution in [3.05, 3.63) is 21.4 Å². The van der Waals surface area contributed by atoms with Gasteiger partial charge >= 0.3 is 0 Å². The third-order valence-corrected chi connectivity index (χ3v) is 4.82. The lowest BCUT2D eigenvalue weighted by atomic mass is 10.1. The van der Waals surface area contributed by atoms with E-state index in [0.717, 1.165) is 24.1 Å². The Bertz CT molecular complexity index is 386. The minimum Gasteiger partial charge on any atom is -0.347 e. The van der Waals surface area contributed by atoms with Crippen LogP contribution in [0, 0.1) is 0 Å². The van der Waals surface area contributed by atoms with E-state index in [-0.39, 0.29) is 11.9 Å². The topological polar surface area (TPSA) is 55.1 Å². The van der Waals surface area contributed by atoms with Crippen molar-refractivity contribution in [3.63, 3.8) is 0 Å². The van der Waals surface area contributed by atoms with E-state index < -0.39 is 0 Å². The van der Waals surface area contributed by atoms with E-state index in [1.807, 2.05) is 6.92 Å². The number of rotatable bonds is 4. The molecule has 0 bridgehead atoms. The van der Waals surface area contributed by atoms with Gasteiger partial charge in [0.2, 0.25) is 0 Å². The first-order valence-electron chi connectivity index (χ1n) is 6.87. The fourth-order valence-electron chi connectivity index (χ4n) is 2.36. The number of amides is 1. The summed E-state index contributed by atoms with van der Waals surface area (Å²) in [5, 5.41) is 3.00. The predicted molar refractivity (Wildman–Crippen MR) is 76.2 cm³/mol. The quantitative estimate of drug-likeness (QED) is 0.823. The van der Waals surface area contributed by atoms with Crippen LogP contribution in [-0.4, -0.2) is 18.5 Å². The third kappa shape index (κ3) is 3.12. The number of carbonyl (C=O) groups is 1. The molecule has 0 aromatic carbocycles. The van der Waals surface area contributed by atoms with Crippen molar-refractivity contribution in [3.8, 4) is 0 Å². The molecule has 4 heteroatoms. The minimum atomic E-state index is 0.0466. The lowest BCUT2D eigenvalue weighted by molar-refractivity contribution is 0.0941. The van der Waals surface area contributed by atoms with E-state index in [4.69, 9.17) is 5.73 Å². The van der Waals surface area contributed by atoms with Crippen molar-refractivity contribution >= 4 is 17.2 Å². The second-order valence-electron chi connectivity index (χ2n) is 4.93. The SMILES string of the molecule is CCC(CN)NC(=O)c1cc2c(s1)CCCCC2. The van der Waals surface area contributed by atoms with Gasteiger partial charge in [-0.1, -0.05) is 13.3 Å². The fourth-order valence-corrected chi connectivity index (χ4v) is 3.52. The Labute approximate surface area is 113 Å². The third-order valence-electron chi connectivity index (χ3n) is 3.58. The molecule has 18 heavy (non-hydrogen) atoms. The van der Waals surface area contributed by atoms with Crippen molar-refractivity contribution < 1.29 is 4.79 Å². The number of thiophene rings is 1. The van der Waals surface area contributed by atoms with E-state index in [0.29, 0.717) is 6.54 Å². The van der Waals surface area contributed by atoms with E-state index >= 15 is 0 Å². The second-order valence-corrected chi connectivity index (χ2v) is 6.07. The molecule has 1 unspecified atom stereocenters. The largest absolute Gasteiger partial charge is 0.347 e. The molecule has 1 heterocycles. The molecule has 1 aliphatic carbocycles. The molecule has 0 saturated heterocycles. The van der Waals surface area contributed by atoms with Gasteiger partial charge < -0.3 is 11.1 Å². The smallest absolute Gasteiger partial charge is 0.261 e. The van der Waals surface area contributed by atoms with Crippen LogP contribution in [0.2, 0.25) is 0 Å². The highest BCUT2D eigenvalue weighted by molar-refractivity contribution is 7.14. The molecular formula is C14H22N2OS. The Morgan fingerprint density at radius 1 is 1.44 bits per heavy atom. The number of hydrogen-bond acceptors (Lipinski definition) is 3. The molecule has 2 rings (SSSR count). The molecule has 0 saturated carbocycles. The molecule has 0 fully saturated rings. The van der Waals surface area contributed by atoms with Gasteiger partial charge in [-0.2, -0.15) is 0 Å². The molecule has 1 aliphatic rings. The summed E-state index contributed by atoms with van der Waals surface area (Å²) in [6, 6.07) is 2.18. The molecule has 1 amide bonds. The van der Waals surface area contributed by atoms with Gasteiger partial charge in [-0.3, -0.25) is 4.79 Å². The van der Waals surface area contributed by atoms with Crippen LogP contribution in [0.5, 0.6) is 0 Å². The van der Waals surface area contributed by atoms with Crippen molar-refractivity contribution in [1.29, 1.82) is 0 Å². The summed E-state index contributed by atoms with van der Waals surface area (Å²) in [5.41, 5.74) is 7.01. The zero-order valence-corrected chi connectivity index (χ0v) is 11.8. The van der Waals surface area contributed by atoms with Gasteiger partial charge in [0, 0.05) is 17.5 Å². The van der Waals surface area contributed by atoms with E-state index in [1.54, 1.807) is 11.3 Å². The number of hydrogen-bond donors (Lipinski definition) is 2. The van der Waals surface area contributed by atoms with Gasteiger partial charge in [-0.25, -0.2) is 0 Å². The van der Waals surface area contributed by atoms with Crippen molar-refractivity contribution in [2.24, 2.45) is 5.73 Å². The van der Waals surface area contributed by atoms with Gasteiger partial charge in [0.25, 0.3) is 5.91 Å². The van der Waals surface area contributed by atoms with Crippen LogP contribution in [0.1, 0.15) is 52.7 Å². The molecule has 1 atom stereocenters. The Hall–Kier alpha value is -0.870. The number of fused-ring (bicyclic) bond motifs is 1. The maximum absolute atomic E-state index is 12.1. The molecular weight excluding hydrogens is 244 g/mol. The molecule has 100 valence electrons. The normalized spacial score (nSPS) is 16.8. The zero-order valence-electron chi connectivity index (χ0n) is 11.0. The maximum Gasteiger partial charge on any atom is 0.261 e. The van der Waals surface area contributed by atoms with Gasteiger partial charge in [0.15, 0.2) is 0 Å². The highest BCUT2D eigenvalue weighted by Gasteiger charge is 2.17. The summed E-state index contributed by atoms with van der Waals surface area (Å²) < 4.78 is 0. The first kappa shape index (κ1) is 13.6. The Morgan fingerprint density at radius 2 is 2.22 bits per heavy atom. The highest BCUT2D eigenvalue weighted by Crippen LogP contribution is 2.28. The van der Waals surface area contributed by atoms with E-state index in [9.17, 15) is 4.79 Å². The average molecular weight is 266 g/mol. The maximum atomic E-state index is 12.1. The summed E-state index contributed by atoms with van der Waals surface area (Å²) in [4.78, 5) is 14.4. The van der Waals surface area contributed by atoms with Crippen LogP contribution in [0.4, 0.5) is 0 Å². The van der Waals surface area contributed by atoms with Gasteiger partial charge in [-0.05, 0) is 43.7 Å². The summed E-state index contributed by atoms with van der Waals surface area (Å²) in [5.74, 6) is 0.0466. The van der Waals surface area contributed by atoms with Gasteiger partial charge in [-0.15, -0.1) is 11.3 Å². The van der Waals surface area contributed by atoms with Crippen LogP contribution < -0.4 is 11.1 Å². The van der Waals surface area contributed by atoms with E-state index in [1.165, 1.54) is 29.7 Å². The Morgan fingerprint density at radius 3 is 2.94 bits per heavy atom. The Kier molecular flexibility index (Phi) is 4.78. The van der Waals surface area contributed by atoms with Crippen LogP contribution in [-0.2, 0) is 12.8 Å². The van der Waals surface area contributed by atoms with Crippen LogP contribution in [0.15, 0.2) is 6.07 Å². The van der Waals surface area contributed by atoms with Crippen LogP contribution >= 0.6 is 11.3 Å². The van der Waals surface area contributed by atoms with Crippen LogP contribution in [0.25, 0.3) is 0 Å². The number of aryl methyl sites for hydroxylation is 2. The van der Waals surface area contributed by atoms with E-state index in [2.05, 4.69) is 11.4 Å². The van der Waals surface area contributed by atoms with Crippen molar-refractivity contribution in [2.75, 3.05) is 6.54 Å². The zero-order chi connectivity index (χ0) is 13.0. The average Bonchev–Trinajstić information content (AvgIpc) is 2.67. The van der Waals surface area contributed by atoms with Gasteiger partial charge in [0.1, 0.15) is 0 Å². The standard InChI is InChI=1S/C14H22N2OS/c1-2-11(9-15)16-14(17)13-8-10-6-4-3-5-7-12(10)18-13/h8,11H,2-7,9,15H2,1H3,(H,16,17). The fraction of sp³-hybridized carbons (Fsp3) is 0.643. The molecule has 1 aromatic rings. The van der Waals surface area contributed by atoms with Gasteiger partial charge in [0.05, 0.1) is 4.88 Å². The first-order chi connectivity index (χ1) is 8.74. The molecule has 3 nitrogen and oxygen atoms in total. The lowest BCUT2D eigenvalue weighted by Gasteiger charge is -2.13. The summed E-state index contributed by atoms with van der Waals surface area (Å²) in [6.45, 7) is 2.55. The number of nitrogens with one attached hydrogen (secondary N) is 1.